The number of aryl methyl sites for hydroxylation is 1. The number of carbonyl (C=O) groups excluding carboxylic acids is 1. The maximum atomic E-state index is 11.2. The topological polar surface area (TPSA) is 54.9 Å². The van der Waals surface area contributed by atoms with Gasteiger partial charge in [-0.15, -0.1) is 0 Å². The lowest BCUT2D eigenvalue weighted by Crippen LogP contribution is -2.11. The number of nitrogens with one attached hydrogen (secondary N) is 1. The second-order valence-corrected chi connectivity index (χ2v) is 2.85. The standard InChI is InChI=1S/C9H8N2O2/c1-11-7-4-2-3-6(5-12)8(7)10-9(11)13/h2-5H,1H3,(H,10,13). The summed E-state index contributed by atoms with van der Waals surface area (Å²) in [5.74, 6) is 0. The minimum absolute atomic E-state index is 0.204. The zero-order valence-corrected chi connectivity index (χ0v) is 7.07. The lowest BCUT2D eigenvalue weighted by Gasteiger charge is -1.94. The Kier molecular flexibility index (Phi) is 1.55. The van der Waals surface area contributed by atoms with Crippen molar-refractivity contribution in [3.63, 3.8) is 0 Å². The van der Waals surface area contributed by atoms with Crippen LogP contribution in [0.25, 0.3) is 11.0 Å². The van der Waals surface area contributed by atoms with E-state index >= 15 is 0 Å². The number of carbonyl (C=O) groups is 1. The summed E-state index contributed by atoms with van der Waals surface area (Å²) < 4.78 is 1.47. The van der Waals surface area contributed by atoms with Crippen molar-refractivity contribution in [2.45, 2.75) is 0 Å². The first-order valence-corrected chi connectivity index (χ1v) is 3.87. The van der Waals surface area contributed by atoms with Crippen LogP contribution >= 0.6 is 0 Å². The van der Waals surface area contributed by atoms with Crippen LogP contribution < -0.4 is 5.69 Å². The summed E-state index contributed by atoms with van der Waals surface area (Å²) in [4.78, 5) is 24.4. The van der Waals surface area contributed by atoms with Crippen LogP contribution in [0.2, 0.25) is 0 Å². The fraction of sp³-hybridized carbons (Fsp3) is 0.111. The smallest absolute Gasteiger partial charge is 0.305 e. The Morgan fingerprint density at radius 2 is 2.23 bits per heavy atom. The molecule has 0 fully saturated rings. The number of hydrogen-bond donors (Lipinski definition) is 1. The first kappa shape index (κ1) is 7.79. The molecule has 1 N–H and O–H groups in total. The predicted molar refractivity (Wildman–Crippen MR) is 48.9 cm³/mol. The lowest BCUT2D eigenvalue weighted by molar-refractivity contribution is 0.112. The molecule has 0 aliphatic rings. The number of fused-ring (bicyclic) bond motifs is 1. The Labute approximate surface area is 73.8 Å². The molecule has 0 amide bonds. The maximum Gasteiger partial charge on any atom is 0.326 e. The van der Waals surface area contributed by atoms with Gasteiger partial charge in [-0.3, -0.25) is 9.36 Å². The van der Waals surface area contributed by atoms with Gasteiger partial charge in [0.25, 0.3) is 0 Å². The zero-order valence-electron chi connectivity index (χ0n) is 7.07. The predicted octanol–water partition coefficient (Wildman–Crippen LogP) is 0.679. The Balaban J connectivity index is 3.00. The molecule has 4 nitrogen and oxygen atoms in total. The van der Waals surface area contributed by atoms with E-state index in [1.165, 1.54) is 4.57 Å². The summed E-state index contributed by atoms with van der Waals surface area (Å²) in [7, 11) is 1.66. The number of rotatable bonds is 1. The van der Waals surface area contributed by atoms with Gasteiger partial charge in [-0.1, -0.05) is 6.07 Å². The SMILES string of the molecule is Cn1c(=O)[nH]c2c(C=O)cccc21. The van der Waals surface area contributed by atoms with Crippen molar-refractivity contribution in [2.24, 2.45) is 7.05 Å². The molecule has 0 bridgehead atoms. The van der Waals surface area contributed by atoms with Gasteiger partial charge in [-0.25, -0.2) is 4.79 Å². The molecule has 0 radical (unpaired) electrons. The molecule has 1 aromatic carbocycles. The van der Waals surface area contributed by atoms with Crippen molar-refractivity contribution in [1.82, 2.24) is 9.55 Å². The number of H-pyrrole nitrogens is 1. The highest BCUT2D eigenvalue weighted by Crippen LogP contribution is 2.12. The number of nitrogens with zero attached hydrogens (tertiary/aromatic N) is 1. The third kappa shape index (κ3) is 0.989. The molecule has 2 aromatic rings. The van der Waals surface area contributed by atoms with Gasteiger partial charge in [-0.2, -0.15) is 0 Å². The molecular weight excluding hydrogens is 168 g/mol. The molecule has 0 spiro atoms. The number of para-hydroxylation sites is 1. The first-order chi connectivity index (χ1) is 6.24. The fourth-order valence-electron chi connectivity index (χ4n) is 1.37. The van der Waals surface area contributed by atoms with Crippen molar-refractivity contribution in [3.8, 4) is 0 Å². The van der Waals surface area contributed by atoms with Crippen molar-refractivity contribution in [3.05, 3.63) is 34.2 Å². The van der Waals surface area contributed by atoms with Gasteiger partial charge in [0.2, 0.25) is 0 Å². The van der Waals surface area contributed by atoms with E-state index in [1.54, 1.807) is 25.2 Å². The molecule has 0 saturated carbocycles. The summed E-state index contributed by atoms with van der Waals surface area (Å²) in [5, 5.41) is 0. The van der Waals surface area contributed by atoms with E-state index in [-0.39, 0.29) is 5.69 Å². The van der Waals surface area contributed by atoms with E-state index in [2.05, 4.69) is 4.98 Å². The number of aldehydes is 1. The van der Waals surface area contributed by atoms with Crippen molar-refractivity contribution >= 4 is 17.3 Å². The highest BCUT2D eigenvalue weighted by Gasteiger charge is 2.05. The van der Waals surface area contributed by atoms with E-state index in [0.717, 1.165) is 11.8 Å². The van der Waals surface area contributed by atoms with Crippen molar-refractivity contribution in [1.29, 1.82) is 0 Å². The summed E-state index contributed by atoms with van der Waals surface area (Å²) in [6.45, 7) is 0. The lowest BCUT2D eigenvalue weighted by atomic mass is 10.2. The van der Waals surface area contributed by atoms with Crippen molar-refractivity contribution < 1.29 is 4.79 Å². The molecule has 0 aliphatic carbocycles. The average Bonchev–Trinajstić information content (AvgIpc) is 2.43. The second-order valence-electron chi connectivity index (χ2n) is 2.85. The number of hydrogen-bond acceptors (Lipinski definition) is 2. The molecule has 1 heterocycles. The first-order valence-electron chi connectivity index (χ1n) is 3.87. The van der Waals surface area contributed by atoms with Crippen LogP contribution in [0.4, 0.5) is 0 Å². The van der Waals surface area contributed by atoms with Crippen LogP contribution in [-0.4, -0.2) is 15.8 Å². The molecule has 4 heteroatoms. The van der Waals surface area contributed by atoms with Crippen LogP contribution in [0.15, 0.2) is 23.0 Å². The van der Waals surface area contributed by atoms with Crippen molar-refractivity contribution in [2.75, 3.05) is 0 Å². The average molecular weight is 176 g/mol. The van der Waals surface area contributed by atoms with Gasteiger partial charge in [0.05, 0.1) is 11.0 Å². The van der Waals surface area contributed by atoms with Crippen LogP contribution in [0, 0.1) is 0 Å². The molecule has 0 unspecified atom stereocenters. The molecule has 0 aliphatic heterocycles. The van der Waals surface area contributed by atoms with Crippen LogP contribution in [0.1, 0.15) is 10.4 Å². The van der Waals surface area contributed by atoms with Gasteiger partial charge in [-0.05, 0) is 12.1 Å². The summed E-state index contributed by atoms with van der Waals surface area (Å²) >= 11 is 0. The Morgan fingerprint density at radius 3 is 2.92 bits per heavy atom. The third-order valence-electron chi connectivity index (χ3n) is 2.10. The van der Waals surface area contributed by atoms with E-state index in [4.69, 9.17) is 0 Å². The number of aromatic amines is 1. The summed E-state index contributed by atoms with van der Waals surface area (Å²) in [5.41, 5.74) is 1.65. The van der Waals surface area contributed by atoms with E-state index in [1.807, 2.05) is 0 Å². The van der Waals surface area contributed by atoms with Crippen LogP contribution in [0.3, 0.4) is 0 Å². The third-order valence-corrected chi connectivity index (χ3v) is 2.10. The summed E-state index contributed by atoms with van der Waals surface area (Å²) in [6.07, 6.45) is 0.734. The van der Waals surface area contributed by atoms with E-state index in [0.29, 0.717) is 11.1 Å². The van der Waals surface area contributed by atoms with Gasteiger partial charge in [0, 0.05) is 12.6 Å². The van der Waals surface area contributed by atoms with E-state index < -0.39 is 0 Å². The maximum absolute atomic E-state index is 11.2. The normalized spacial score (nSPS) is 10.5. The molecular formula is C9H8N2O2. The zero-order chi connectivity index (χ0) is 9.42. The van der Waals surface area contributed by atoms with Crippen LogP contribution in [0.5, 0.6) is 0 Å². The Morgan fingerprint density at radius 1 is 1.46 bits per heavy atom. The minimum atomic E-state index is -0.204. The number of aromatic nitrogens is 2. The Hall–Kier alpha value is -1.84. The van der Waals surface area contributed by atoms with Crippen LogP contribution in [-0.2, 0) is 7.05 Å². The highest BCUT2D eigenvalue weighted by molar-refractivity contribution is 5.94. The minimum Gasteiger partial charge on any atom is -0.305 e. The molecule has 0 saturated heterocycles. The fourth-order valence-corrected chi connectivity index (χ4v) is 1.37. The molecule has 0 atom stereocenters. The largest absolute Gasteiger partial charge is 0.326 e. The van der Waals surface area contributed by atoms with Gasteiger partial charge in [0.1, 0.15) is 0 Å². The quantitative estimate of drug-likeness (QED) is 0.649. The monoisotopic (exact) mass is 176 g/mol. The number of benzene rings is 1. The molecule has 66 valence electrons. The molecule has 2 rings (SSSR count). The van der Waals surface area contributed by atoms with E-state index in [9.17, 15) is 9.59 Å². The summed E-state index contributed by atoms with van der Waals surface area (Å²) in [6, 6.07) is 5.21. The van der Waals surface area contributed by atoms with Gasteiger partial charge < -0.3 is 4.98 Å². The van der Waals surface area contributed by atoms with Gasteiger partial charge >= 0.3 is 5.69 Å². The molecule has 13 heavy (non-hydrogen) atoms. The molecule has 1 aromatic heterocycles. The van der Waals surface area contributed by atoms with Gasteiger partial charge in [0.15, 0.2) is 6.29 Å². The highest BCUT2D eigenvalue weighted by atomic mass is 16.1. The second kappa shape index (κ2) is 2.58. The Bertz CT molecular complexity index is 522. The number of imidazole rings is 1.